The van der Waals surface area contributed by atoms with Crippen LogP contribution < -0.4 is 19.9 Å². The Hall–Kier alpha value is -4.01. The number of methoxy groups -OCH3 is 1. The van der Waals surface area contributed by atoms with Crippen LogP contribution in [0.3, 0.4) is 0 Å². The summed E-state index contributed by atoms with van der Waals surface area (Å²) in [7, 11) is 1.37. The first-order valence-corrected chi connectivity index (χ1v) is 14.4. The van der Waals surface area contributed by atoms with Gasteiger partial charge in [-0.1, -0.05) is 0 Å². The molecule has 0 aliphatic carbocycles. The van der Waals surface area contributed by atoms with Crippen LogP contribution in [0.15, 0.2) is 41.0 Å². The molecule has 2 aromatic carbocycles. The number of halogens is 7. The van der Waals surface area contributed by atoms with Gasteiger partial charge in [-0.2, -0.15) is 13.2 Å². The molecule has 0 saturated heterocycles. The van der Waals surface area contributed by atoms with E-state index in [2.05, 4.69) is 26.2 Å². The van der Waals surface area contributed by atoms with Gasteiger partial charge in [0.1, 0.15) is 22.7 Å². The number of ether oxygens (including phenoxy) is 2. The summed E-state index contributed by atoms with van der Waals surface area (Å²) < 4.78 is 96.6. The van der Waals surface area contributed by atoms with E-state index in [1.54, 1.807) is 27.7 Å². The standard InChI is InChI=1S/C30H29BrF6N4O4/c1-15(38-28(43)45-29(2,3)4)6-7-16-21(9-8-19(32)25(16)34)40-14-41(22-10-11-24(44-5)39-26(22)31)27(42)17-12-20(33)18(13-23(17)40)30(35,36)37/h8-13,15H,6-7,14H2,1-5H3,(H,38,43). The predicted octanol–water partition coefficient (Wildman–Crippen LogP) is 7.89. The second-order valence-corrected chi connectivity index (χ2v) is 12.0. The Morgan fingerprint density at radius 1 is 1.02 bits per heavy atom. The number of alkyl carbamates (subject to hydrolysis) is 1. The first kappa shape index (κ1) is 33.9. The fraction of sp³-hybridized carbons (Fsp3) is 0.367. The molecular weight excluding hydrogens is 674 g/mol. The van der Waals surface area contributed by atoms with Crippen molar-refractivity contribution in [3.8, 4) is 5.88 Å². The zero-order valence-electron chi connectivity index (χ0n) is 24.8. The molecule has 1 aromatic heterocycles. The molecule has 2 amide bonds. The number of pyridine rings is 1. The average molecular weight is 703 g/mol. The van der Waals surface area contributed by atoms with Crippen LogP contribution in [0.2, 0.25) is 0 Å². The van der Waals surface area contributed by atoms with Gasteiger partial charge in [0.15, 0.2) is 11.6 Å². The molecule has 242 valence electrons. The van der Waals surface area contributed by atoms with E-state index in [1.807, 2.05) is 0 Å². The number of hydrogen-bond donors (Lipinski definition) is 1. The number of amides is 2. The van der Waals surface area contributed by atoms with Crippen molar-refractivity contribution in [3.63, 3.8) is 0 Å². The summed E-state index contributed by atoms with van der Waals surface area (Å²) in [5.41, 5.74) is -3.40. The number of rotatable bonds is 7. The molecule has 8 nitrogen and oxygen atoms in total. The molecule has 1 unspecified atom stereocenters. The van der Waals surface area contributed by atoms with Crippen molar-refractivity contribution >= 4 is 45.0 Å². The summed E-state index contributed by atoms with van der Waals surface area (Å²) in [6, 6.07) is 5.20. The molecular formula is C30H29BrF6N4O4. The topological polar surface area (TPSA) is 84.0 Å². The highest BCUT2D eigenvalue weighted by Gasteiger charge is 2.40. The number of carbonyl (C=O) groups excluding carboxylic acids is 2. The molecule has 15 heteroatoms. The summed E-state index contributed by atoms with van der Waals surface area (Å²) in [5.74, 6) is -4.85. The molecule has 1 atom stereocenters. The van der Waals surface area contributed by atoms with E-state index in [0.717, 1.165) is 17.0 Å². The van der Waals surface area contributed by atoms with Crippen molar-refractivity contribution in [2.24, 2.45) is 0 Å². The molecule has 0 spiro atoms. The van der Waals surface area contributed by atoms with Crippen molar-refractivity contribution < 1.29 is 45.4 Å². The van der Waals surface area contributed by atoms with Crippen LogP contribution in [0.5, 0.6) is 5.88 Å². The first-order valence-electron chi connectivity index (χ1n) is 13.6. The average Bonchev–Trinajstić information content (AvgIpc) is 2.92. The fourth-order valence-electron chi connectivity index (χ4n) is 4.73. The van der Waals surface area contributed by atoms with E-state index >= 15 is 4.39 Å². The van der Waals surface area contributed by atoms with E-state index in [9.17, 15) is 31.5 Å². The molecule has 1 aliphatic rings. The lowest BCUT2D eigenvalue weighted by atomic mass is 9.99. The lowest BCUT2D eigenvalue weighted by Crippen LogP contribution is -2.46. The Kier molecular flexibility index (Phi) is 9.61. The first-order chi connectivity index (χ1) is 20.9. The monoisotopic (exact) mass is 702 g/mol. The van der Waals surface area contributed by atoms with E-state index < -0.39 is 65.1 Å². The van der Waals surface area contributed by atoms with Crippen molar-refractivity contribution in [1.29, 1.82) is 0 Å². The third-order valence-corrected chi connectivity index (χ3v) is 7.38. The van der Waals surface area contributed by atoms with Crippen molar-refractivity contribution in [3.05, 3.63) is 75.1 Å². The lowest BCUT2D eigenvalue weighted by molar-refractivity contribution is -0.139. The van der Waals surface area contributed by atoms with Crippen LogP contribution in [0.4, 0.5) is 48.2 Å². The maximum absolute atomic E-state index is 15.4. The van der Waals surface area contributed by atoms with Crippen LogP contribution in [0.1, 0.15) is 55.6 Å². The van der Waals surface area contributed by atoms with Crippen LogP contribution in [-0.4, -0.2) is 42.4 Å². The second kappa shape index (κ2) is 12.8. The van der Waals surface area contributed by atoms with E-state index in [1.165, 1.54) is 24.1 Å². The Balaban J connectivity index is 1.82. The minimum absolute atomic E-state index is 0.0706. The van der Waals surface area contributed by atoms with Gasteiger partial charge in [0.2, 0.25) is 5.88 Å². The van der Waals surface area contributed by atoms with Gasteiger partial charge in [0.25, 0.3) is 5.91 Å². The number of nitrogens with zero attached hydrogens (tertiary/aromatic N) is 3. The number of fused-ring (bicyclic) bond motifs is 1. The highest BCUT2D eigenvalue weighted by atomic mass is 79.9. The quantitative estimate of drug-likeness (QED) is 0.199. The molecule has 0 saturated carbocycles. The molecule has 2 heterocycles. The number of anilines is 3. The number of aromatic nitrogens is 1. The number of benzene rings is 2. The Morgan fingerprint density at radius 2 is 1.69 bits per heavy atom. The van der Waals surface area contributed by atoms with Gasteiger partial charge in [-0.05, 0) is 86.8 Å². The highest BCUT2D eigenvalue weighted by molar-refractivity contribution is 9.10. The van der Waals surface area contributed by atoms with Gasteiger partial charge in [-0.15, -0.1) is 0 Å². The fourth-order valence-corrected chi connectivity index (χ4v) is 5.25. The SMILES string of the molecule is COc1ccc(N2CN(c3ccc(F)c(F)c3CCC(C)NC(=O)OC(C)(C)C)c3cc(C(F)(F)F)c(F)cc3C2=O)c(Br)n1. The van der Waals surface area contributed by atoms with E-state index in [-0.39, 0.29) is 46.0 Å². The van der Waals surface area contributed by atoms with Crippen LogP contribution >= 0.6 is 15.9 Å². The van der Waals surface area contributed by atoms with Crippen LogP contribution in [0, 0.1) is 17.5 Å². The minimum Gasteiger partial charge on any atom is -0.481 e. The maximum Gasteiger partial charge on any atom is 0.419 e. The zero-order valence-corrected chi connectivity index (χ0v) is 26.4. The zero-order chi connectivity index (χ0) is 33.4. The normalized spacial score (nSPS) is 14.3. The molecule has 3 aromatic rings. The van der Waals surface area contributed by atoms with Crippen molar-refractivity contribution in [2.45, 2.75) is 58.4 Å². The van der Waals surface area contributed by atoms with Gasteiger partial charge in [0.05, 0.1) is 29.6 Å². The Labute approximate surface area is 263 Å². The largest absolute Gasteiger partial charge is 0.481 e. The lowest BCUT2D eigenvalue weighted by Gasteiger charge is -2.39. The van der Waals surface area contributed by atoms with Crippen LogP contribution in [-0.2, 0) is 17.3 Å². The van der Waals surface area contributed by atoms with E-state index in [0.29, 0.717) is 12.1 Å². The molecule has 1 N–H and O–H groups in total. The summed E-state index contributed by atoms with van der Waals surface area (Å²) in [6.45, 7) is 6.15. The molecule has 1 aliphatic heterocycles. The smallest absolute Gasteiger partial charge is 0.419 e. The summed E-state index contributed by atoms with van der Waals surface area (Å²) in [5, 5.41) is 2.60. The number of alkyl halides is 3. The van der Waals surface area contributed by atoms with Crippen molar-refractivity contribution in [2.75, 3.05) is 23.6 Å². The molecule has 4 rings (SSSR count). The third-order valence-electron chi connectivity index (χ3n) is 6.80. The van der Waals surface area contributed by atoms with Gasteiger partial charge < -0.3 is 19.7 Å². The predicted molar refractivity (Wildman–Crippen MR) is 157 cm³/mol. The summed E-state index contributed by atoms with van der Waals surface area (Å²) in [4.78, 5) is 32.3. The number of nitrogens with one attached hydrogen (secondary N) is 1. The maximum atomic E-state index is 15.4. The molecule has 0 fully saturated rings. The molecule has 45 heavy (non-hydrogen) atoms. The third kappa shape index (κ3) is 7.45. The van der Waals surface area contributed by atoms with Gasteiger partial charge in [0, 0.05) is 23.4 Å². The second-order valence-electron chi connectivity index (χ2n) is 11.3. The minimum atomic E-state index is -5.12. The number of carbonyl (C=O) groups is 2. The summed E-state index contributed by atoms with van der Waals surface area (Å²) >= 11 is 3.25. The van der Waals surface area contributed by atoms with Crippen LogP contribution in [0.25, 0.3) is 0 Å². The Bertz CT molecular complexity index is 1630. The molecule has 0 bridgehead atoms. The van der Waals surface area contributed by atoms with Gasteiger partial charge in [-0.3, -0.25) is 9.69 Å². The van der Waals surface area contributed by atoms with Gasteiger partial charge >= 0.3 is 12.3 Å². The van der Waals surface area contributed by atoms with E-state index in [4.69, 9.17) is 9.47 Å². The molecule has 0 radical (unpaired) electrons. The van der Waals surface area contributed by atoms with Crippen molar-refractivity contribution in [1.82, 2.24) is 10.3 Å². The Morgan fingerprint density at radius 3 is 2.29 bits per heavy atom. The number of hydrogen-bond acceptors (Lipinski definition) is 6. The summed E-state index contributed by atoms with van der Waals surface area (Å²) in [6.07, 6.45) is -5.96. The highest BCUT2D eigenvalue weighted by Crippen LogP contribution is 2.43. The van der Waals surface area contributed by atoms with Gasteiger partial charge in [-0.25, -0.2) is 22.9 Å².